The third-order valence-corrected chi connectivity index (χ3v) is 5.79. The van der Waals surface area contributed by atoms with Crippen LogP contribution in [0.2, 0.25) is 0 Å². The van der Waals surface area contributed by atoms with Crippen molar-refractivity contribution in [2.45, 2.75) is 56.8 Å². The Balaban J connectivity index is 1.59. The van der Waals surface area contributed by atoms with Crippen molar-refractivity contribution in [3.05, 3.63) is 35.4 Å². The molecule has 1 aromatic rings. The second-order valence-corrected chi connectivity index (χ2v) is 7.53. The highest BCUT2D eigenvalue weighted by atomic mass is 19.4. The van der Waals surface area contributed by atoms with E-state index in [1.807, 2.05) is 0 Å². The molecule has 1 aliphatic heterocycles. The first kappa shape index (κ1) is 19.0. The Bertz CT molecular complexity index is 647. The quantitative estimate of drug-likeness (QED) is 0.823. The number of halogens is 3. The number of carbonyl (C=O) groups excluding carboxylic acids is 1. The summed E-state index contributed by atoms with van der Waals surface area (Å²) in [5.41, 5.74) is -0.724. The summed E-state index contributed by atoms with van der Waals surface area (Å²) in [7, 11) is 0. The van der Waals surface area contributed by atoms with Gasteiger partial charge in [0.15, 0.2) is 0 Å². The molecule has 1 aliphatic carbocycles. The predicted octanol–water partition coefficient (Wildman–Crippen LogP) is 4.10. The van der Waals surface area contributed by atoms with Crippen LogP contribution in [0.15, 0.2) is 24.3 Å². The zero-order valence-corrected chi connectivity index (χ0v) is 14.9. The van der Waals surface area contributed by atoms with Crippen molar-refractivity contribution in [1.82, 2.24) is 10.2 Å². The minimum absolute atomic E-state index is 0.108. The Hall–Kier alpha value is -1.76. The molecule has 0 radical (unpaired) electrons. The van der Waals surface area contributed by atoms with Gasteiger partial charge in [0.25, 0.3) is 0 Å². The number of nitrogens with zero attached hydrogens (tertiary/aromatic N) is 1. The lowest BCUT2D eigenvalue weighted by atomic mass is 9.71. The zero-order valence-electron chi connectivity index (χ0n) is 14.9. The van der Waals surface area contributed by atoms with E-state index in [1.54, 1.807) is 11.8 Å². The van der Waals surface area contributed by atoms with Crippen molar-refractivity contribution in [3.63, 3.8) is 0 Å². The number of piperidine rings is 1. The van der Waals surface area contributed by atoms with Crippen LogP contribution in [0.25, 0.3) is 0 Å². The molecule has 2 aliphatic rings. The topological polar surface area (TPSA) is 52.6 Å². The molecule has 1 saturated carbocycles. The minimum Gasteiger partial charge on any atom is -0.389 e. The van der Waals surface area contributed by atoms with Gasteiger partial charge in [-0.1, -0.05) is 25.0 Å². The first-order chi connectivity index (χ1) is 12.2. The Labute approximate surface area is 151 Å². The fraction of sp³-hybridized carbons (Fsp3) is 0.632. The van der Waals surface area contributed by atoms with Crippen LogP contribution < -0.4 is 5.32 Å². The average Bonchev–Trinajstić information content (AvgIpc) is 2.60. The van der Waals surface area contributed by atoms with Gasteiger partial charge in [0.1, 0.15) is 0 Å². The molecule has 0 spiro atoms. The number of urea groups is 1. The number of rotatable bonds is 2. The van der Waals surface area contributed by atoms with Gasteiger partial charge in [-0.25, -0.2) is 4.79 Å². The molecule has 2 N–H and O–H groups in total. The zero-order chi connectivity index (χ0) is 18.9. The van der Waals surface area contributed by atoms with Gasteiger partial charge in [-0.2, -0.15) is 13.2 Å². The van der Waals surface area contributed by atoms with Gasteiger partial charge in [-0.15, -0.1) is 0 Å². The third kappa shape index (κ3) is 3.98. The highest BCUT2D eigenvalue weighted by Crippen LogP contribution is 2.39. The van der Waals surface area contributed by atoms with Crippen LogP contribution in [0.3, 0.4) is 0 Å². The van der Waals surface area contributed by atoms with Crippen molar-refractivity contribution in [2.24, 2.45) is 5.92 Å². The molecule has 1 aromatic carbocycles. The monoisotopic (exact) mass is 370 g/mol. The summed E-state index contributed by atoms with van der Waals surface area (Å²) in [5.74, 6) is 0.108. The second-order valence-electron chi connectivity index (χ2n) is 7.53. The van der Waals surface area contributed by atoms with Gasteiger partial charge in [0.2, 0.25) is 0 Å². The summed E-state index contributed by atoms with van der Waals surface area (Å²) >= 11 is 0. The lowest BCUT2D eigenvalue weighted by Crippen LogP contribution is -2.56. The van der Waals surface area contributed by atoms with E-state index in [0.717, 1.165) is 37.8 Å². The average molecular weight is 370 g/mol. The molecule has 3 atom stereocenters. The molecule has 7 heteroatoms. The van der Waals surface area contributed by atoms with E-state index in [-0.39, 0.29) is 11.9 Å². The molecule has 1 heterocycles. The van der Waals surface area contributed by atoms with E-state index >= 15 is 0 Å². The fourth-order valence-electron chi connectivity index (χ4n) is 4.08. The molecule has 4 nitrogen and oxygen atoms in total. The maximum absolute atomic E-state index is 12.6. The standard InChI is InChI=1S/C19H25F3N2O2/c1-13(14-5-7-15(8-6-14)19(20,21)22)23-17(25)24-11-10-18(26)9-3-2-4-16(18)12-24/h5-8,13,16,26H,2-4,9-12H2,1H3,(H,23,25). The third-order valence-electron chi connectivity index (χ3n) is 5.79. The van der Waals surface area contributed by atoms with Gasteiger partial charge in [0.05, 0.1) is 17.2 Å². The summed E-state index contributed by atoms with van der Waals surface area (Å²) in [6, 6.07) is 4.22. The van der Waals surface area contributed by atoms with Crippen molar-refractivity contribution in [1.29, 1.82) is 0 Å². The first-order valence-corrected chi connectivity index (χ1v) is 9.14. The van der Waals surface area contributed by atoms with Crippen LogP contribution in [-0.2, 0) is 6.18 Å². The minimum atomic E-state index is -4.37. The van der Waals surface area contributed by atoms with E-state index in [0.29, 0.717) is 25.1 Å². The van der Waals surface area contributed by atoms with Gasteiger partial charge >= 0.3 is 12.2 Å². The van der Waals surface area contributed by atoms with Crippen molar-refractivity contribution in [3.8, 4) is 0 Å². The Morgan fingerprint density at radius 1 is 1.27 bits per heavy atom. The molecular formula is C19H25F3N2O2. The molecule has 2 amide bonds. The largest absolute Gasteiger partial charge is 0.416 e. The van der Waals surface area contributed by atoms with Gasteiger partial charge in [0, 0.05) is 19.0 Å². The van der Waals surface area contributed by atoms with Gasteiger partial charge in [-0.3, -0.25) is 0 Å². The molecule has 0 aromatic heterocycles. The van der Waals surface area contributed by atoms with Crippen molar-refractivity contribution >= 4 is 6.03 Å². The maximum Gasteiger partial charge on any atom is 0.416 e. The molecule has 2 fully saturated rings. The summed E-state index contributed by atoms with van der Waals surface area (Å²) in [4.78, 5) is 14.3. The molecule has 3 rings (SSSR count). The van der Waals surface area contributed by atoms with Crippen LogP contribution in [0.5, 0.6) is 0 Å². The van der Waals surface area contributed by atoms with Crippen molar-refractivity contribution in [2.75, 3.05) is 13.1 Å². The number of hydrogen-bond donors (Lipinski definition) is 2. The Morgan fingerprint density at radius 3 is 2.62 bits per heavy atom. The summed E-state index contributed by atoms with van der Waals surface area (Å²) in [5, 5.41) is 13.5. The molecular weight excluding hydrogens is 345 g/mol. The van der Waals surface area contributed by atoms with Crippen LogP contribution in [0.1, 0.15) is 56.2 Å². The summed E-state index contributed by atoms with van der Waals surface area (Å²) in [6.45, 7) is 2.78. The number of likely N-dealkylation sites (tertiary alicyclic amines) is 1. The number of fused-ring (bicyclic) bond motifs is 1. The normalized spacial score (nSPS) is 27.6. The van der Waals surface area contributed by atoms with Crippen LogP contribution in [0.4, 0.5) is 18.0 Å². The summed E-state index contributed by atoms with van der Waals surface area (Å²) in [6.07, 6.45) is 0.0493. The highest BCUT2D eigenvalue weighted by Gasteiger charge is 2.43. The van der Waals surface area contributed by atoms with E-state index in [9.17, 15) is 23.1 Å². The molecule has 3 unspecified atom stereocenters. The lowest BCUT2D eigenvalue weighted by Gasteiger charge is -2.47. The number of aliphatic hydroxyl groups is 1. The molecule has 1 saturated heterocycles. The second kappa shape index (κ2) is 7.10. The SMILES string of the molecule is CC(NC(=O)N1CCC2(O)CCCCC2C1)c1ccc(C(F)(F)F)cc1. The number of benzene rings is 1. The van der Waals surface area contributed by atoms with Crippen LogP contribution >= 0.6 is 0 Å². The summed E-state index contributed by atoms with van der Waals surface area (Å²) < 4.78 is 37.9. The van der Waals surface area contributed by atoms with Gasteiger partial charge in [-0.05, 0) is 43.9 Å². The first-order valence-electron chi connectivity index (χ1n) is 9.14. The van der Waals surface area contributed by atoms with Crippen LogP contribution in [0, 0.1) is 5.92 Å². The lowest BCUT2D eigenvalue weighted by molar-refractivity contribution is -0.137. The molecule has 0 bridgehead atoms. The van der Waals surface area contributed by atoms with E-state index in [4.69, 9.17) is 0 Å². The maximum atomic E-state index is 12.6. The number of carbonyl (C=O) groups is 1. The molecule has 144 valence electrons. The van der Waals surface area contributed by atoms with Crippen molar-refractivity contribution < 1.29 is 23.1 Å². The number of hydrogen-bond acceptors (Lipinski definition) is 2. The Kier molecular flexibility index (Phi) is 5.19. The number of amides is 2. The smallest absolute Gasteiger partial charge is 0.389 e. The highest BCUT2D eigenvalue weighted by molar-refractivity contribution is 5.75. The van der Waals surface area contributed by atoms with Gasteiger partial charge < -0.3 is 15.3 Å². The molecule has 26 heavy (non-hydrogen) atoms. The predicted molar refractivity (Wildman–Crippen MR) is 91.5 cm³/mol. The van der Waals surface area contributed by atoms with E-state index in [2.05, 4.69) is 5.32 Å². The van der Waals surface area contributed by atoms with Crippen LogP contribution in [-0.4, -0.2) is 34.7 Å². The van der Waals surface area contributed by atoms with E-state index in [1.165, 1.54) is 12.1 Å². The fourth-order valence-corrected chi connectivity index (χ4v) is 4.08. The number of nitrogens with one attached hydrogen (secondary N) is 1. The number of alkyl halides is 3. The van der Waals surface area contributed by atoms with E-state index < -0.39 is 23.4 Å². The Morgan fingerprint density at radius 2 is 1.96 bits per heavy atom.